The standard InChI is InChI=1S/C20H22N2O2S/c1-14-4-6-15(7-5-14)13-22-17-8-10-25-19(17)11-18(22)20(23)21-12-16-3-2-9-24-16/h4-8,10-11,16H,2-3,9,12-13H2,1H3,(H,21,23)/t16-/m1/s1. The second-order valence-electron chi connectivity index (χ2n) is 6.62. The Bertz CT molecular complexity index is 873. The van der Waals surface area contributed by atoms with Crippen LogP contribution < -0.4 is 5.32 Å². The molecule has 1 fully saturated rings. The molecule has 0 unspecified atom stereocenters. The third kappa shape index (κ3) is 3.48. The second kappa shape index (κ2) is 7.02. The number of carbonyl (C=O) groups is 1. The van der Waals surface area contributed by atoms with Gasteiger partial charge in [0.1, 0.15) is 5.69 Å². The van der Waals surface area contributed by atoms with Crippen molar-refractivity contribution in [3.63, 3.8) is 0 Å². The van der Waals surface area contributed by atoms with E-state index in [9.17, 15) is 4.79 Å². The summed E-state index contributed by atoms with van der Waals surface area (Å²) in [6, 6.07) is 12.6. The Balaban J connectivity index is 1.58. The van der Waals surface area contributed by atoms with Crippen molar-refractivity contribution in [1.82, 2.24) is 9.88 Å². The van der Waals surface area contributed by atoms with Gasteiger partial charge in [-0.05, 0) is 42.8 Å². The highest BCUT2D eigenvalue weighted by Crippen LogP contribution is 2.26. The van der Waals surface area contributed by atoms with Crippen molar-refractivity contribution >= 4 is 27.5 Å². The number of nitrogens with zero attached hydrogens (tertiary/aromatic N) is 1. The fraction of sp³-hybridized carbons (Fsp3) is 0.350. The molecule has 1 saturated heterocycles. The predicted molar refractivity (Wildman–Crippen MR) is 101 cm³/mol. The number of thiophene rings is 1. The average molecular weight is 354 g/mol. The lowest BCUT2D eigenvalue weighted by Gasteiger charge is -2.13. The van der Waals surface area contributed by atoms with E-state index >= 15 is 0 Å². The molecule has 1 aliphatic rings. The zero-order valence-electron chi connectivity index (χ0n) is 14.3. The Morgan fingerprint density at radius 1 is 1.32 bits per heavy atom. The van der Waals surface area contributed by atoms with Crippen LogP contribution >= 0.6 is 11.3 Å². The van der Waals surface area contributed by atoms with Gasteiger partial charge < -0.3 is 14.6 Å². The Morgan fingerprint density at radius 2 is 2.16 bits per heavy atom. The number of ether oxygens (including phenoxy) is 1. The molecule has 0 spiro atoms. The Kier molecular flexibility index (Phi) is 4.59. The fourth-order valence-corrected chi connectivity index (χ4v) is 4.14. The SMILES string of the molecule is Cc1ccc(Cn2c(C(=O)NC[C@H]3CCCO3)cc3sccc32)cc1. The lowest BCUT2D eigenvalue weighted by atomic mass is 10.1. The van der Waals surface area contributed by atoms with Gasteiger partial charge in [-0.1, -0.05) is 29.8 Å². The van der Waals surface area contributed by atoms with Crippen LogP contribution in [0.25, 0.3) is 10.2 Å². The highest BCUT2D eigenvalue weighted by atomic mass is 32.1. The van der Waals surface area contributed by atoms with Crippen molar-refractivity contribution in [3.8, 4) is 0 Å². The molecule has 1 atom stereocenters. The lowest BCUT2D eigenvalue weighted by molar-refractivity contribution is 0.0851. The number of aromatic nitrogens is 1. The molecule has 4 rings (SSSR count). The van der Waals surface area contributed by atoms with E-state index in [1.54, 1.807) is 11.3 Å². The Hall–Kier alpha value is -2.11. The molecule has 1 aromatic carbocycles. The molecule has 0 saturated carbocycles. The largest absolute Gasteiger partial charge is 0.376 e. The van der Waals surface area contributed by atoms with Gasteiger partial charge in [0, 0.05) is 19.7 Å². The van der Waals surface area contributed by atoms with Crippen LogP contribution in [0, 0.1) is 6.92 Å². The number of rotatable bonds is 5. The lowest BCUT2D eigenvalue weighted by Crippen LogP contribution is -2.33. The van der Waals surface area contributed by atoms with Gasteiger partial charge in [-0.2, -0.15) is 0 Å². The van der Waals surface area contributed by atoms with E-state index in [0.717, 1.165) is 35.4 Å². The van der Waals surface area contributed by atoms with Crippen LogP contribution in [0.4, 0.5) is 0 Å². The summed E-state index contributed by atoms with van der Waals surface area (Å²) in [4.78, 5) is 12.8. The van der Waals surface area contributed by atoms with Crippen LogP contribution in [0.2, 0.25) is 0 Å². The molecule has 3 heterocycles. The van der Waals surface area contributed by atoms with Crippen molar-refractivity contribution in [3.05, 3.63) is 58.6 Å². The zero-order valence-corrected chi connectivity index (χ0v) is 15.1. The number of hydrogen-bond donors (Lipinski definition) is 1. The maximum Gasteiger partial charge on any atom is 0.268 e. The van der Waals surface area contributed by atoms with E-state index in [-0.39, 0.29) is 12.0 Å². The molecule has 1 N–H and O–H groups in total. The van der Waals surface area contributed by atoms with E-state index in [2.05, 4.69) is 52.5 Å². The van der Waals surface area contributed by atoms with E-state index in [1.165, 1.54) is 11.1 Å². The maximum absolute atomic E-state index is 12.8. The Morgan fingerprint density at radius 3 is 2.92 bits per heavy atom. The summed E-state index contributed by atoms with van der Waals surface area (Å²) in [6.45, 7) is 4.17. The smallest absolute Gasteiger partial charge is 0.268 e. The zero-order chi connectivity index (χ0) is 17.2. The summed E-state index contributed by atoms with van der Waals surface area (Å²) in [5, 5.41) is 5.12. The first-order valence-electron chi connectivity index (χ1n) is 8.73. The fourth-order valence-electron chi connectivity index (χ4n) is 3.31. The summed E-state index contributed by atoms with van der Waals surface area (Å²) >= 11 is 1.67. The van der Waals surface area contributed by atoms with Gasteiger partial charge in [0.15, 0.2) is 0 Å². The van der Waals surface area contributed by atoms with Gasteiger partial charge in [0.25, 0.3) is 5.91 Å². The predicted octanol–water partition coefficient (Wildman–Crippen LogP) is 3.97. The molecule has 0 bridgehead atoms. The Labute approximate surface area is 151 Å². The number of aryl methyl sites for hydroxylation is 1. The van der Waals surface area contributed by atoms with E-state index in [4.69, 9.17) is 4.74 Å². The quantitative estimate of drug-likeness (QED) is 0.753. The number of fused-ring (bicyclic) bond motifs is 1. The van der Waals surface area contributed by atoms with Gasteiger partial charge >= 0.3 is 0 Å². The van der Waals surface area contributed by atoms with Crippen molar-refractivity contribution in [2.24, 2.45) is 0 Å². The van der Waals surface area contributed by atoms with Gasteiger partial charge in [-0.3, -0.25) is 4.79 Å². The van der Waals surface area contributed by atoms with E-state index in [1.807, 2.05) is 6.07 Å². The van der Waals surface area contributed by atoms with Gasteiger partial charge in [0.05, 0.1) is 16.3 Å². The molecule has 5 heteroatoms. The number of carbonyl (C=O) groups excluding carboxylic acids is 1. The molecular formula is C20H22N2O2S. The van der Waals surface area contributed by atoms with E-state index in [0.29, 0.717) is 13.1 Å². The first-order chi connectivity index (χ1) is 12.2. The van der Waals surface area contributed by atoms with Gasteiger partial charge in [0.2, 0.25) is 0 Å². The molecular weight excluding hydrogens is 332 g/mol. The minimum Gasteiger partial charge on any atom is -0.376 e. The van der Waals surface area contributed by atoms with Crippen molar-refractivity contribution in [2.45, 2.75) is 32.4 Å². The maximum atomic E-state index is 12.8. The highest BCUT2D eigenvalue weighted by molar-refractivity contribution is 7.17. The molecule has 0 radical (unpaired) electrons. The molecule has 1 aliphatic heterocycles. The second-order valence-corrected chi connectivity index (χ2v) is 7.56. The third-order valence-corrected chi connectivity index (χ3v) is 5.58. The first-order valence-corrected chi connectivity index (χ1v) is 9.61. The van der Waals surface area contributed by atoms with Crippen molar-refractivity contribution in [2.75, 3.05) is 13.2 Å². The van der Waals surface area contributed by atoms with Crippen LogP contribution in [0.3, 0.4) is 0 Å². The normalized spacial score (nSPS) is 17.2. The van der Waals surface area contributed by atoms with Crippen molar-refractivity contribution < 1.29 is 9.53 Å². The van der Waals surface area contributed by atoms with Crippen molar-refractivity contribution in [1.29, 1.82) is 0 Å². The first kappa shape index (κ1) is 16.4. The van der Waals surface area contributed by atoms with Crippen LogP contribution in [0.1, 0.15) is 34.5 Å². The van der Waals surface area contributed by atoms with Crippen LogP contribution in [0.5, 0.6) is 0 Å². The number of nitrogens with one attached hydrogen (secondary N) is 1. The third-order valence-electron chi connectivity index (χ3n) is 4.73. The van der Waals surface area contributed by atoms with Gasteiger partial charge in [-0.15, -0.1) is 11.3 Å². The molecule has 130 valence electrons. The molecule has 2 aromatic heterocycles. The van der Waals surface area contributed by atoms with E-state index < -0.39 is 0 Å². The molecule has 0 aliphatic carbocycles. The van der Waals surface area contributed by atoms with Crippen LogP contribution in [-0.4, -0.2) is 29.7 Å². The van der Waals surface area contributed by atoms with Crippen LogP contribution in [-0.2, 0) is 11.3 Å². The molecule has 25 heavy (non-hydrogen) atoms. The minimum atomic E-state index is -0.0222. The number of amides is 1. The summed E-state index contributed by atoms with van der Waals surface area (Å²) in [6.07, 6.45) is 2.27. The topological polar surface area (TPSA) is 43.3 Å². The minimum absolute atomic E-state index is 0.0222. The highest BCUT2D eigenvalue weighted by Gasteiger charge is 2.20. The summed E-state index contributed by atoms with van der Waals surface area (Å²) in [5.41, 5.74) is 4.28. The summed E-state index contributed by atoms with van der Waals surface area (Å²) in [7, 11) is 0. The average Bonchev–Trinajstić information content (AvgIpc) is 3.33. The van der Waals surface area contributed by atoms with Gasteiger partial charge in [-0.25, -0.2) is 0 Å². The molecule has 4 nitrogen and oxygen atoms in total. The summed E-state index contributed by atoms with van der Waals surface area (Å²) < 4.78 is 8.86. The molecule has 3 aromatic rings. The number of hydrogen-bond acceptors (Lipinski definition) is 3. The van der Waals surface area contributed by atoms with Crippen LogP contribution in [0.15, 0.2) is 41.8 Å². The monoisotopic (exact) mass is 354 g/mol. The number of benzene rings is 1. The summed E-state index contributed by atoms with van der Waals surface area (Å²) in [5.74, 6) is -0.0222. The molecule has 1 amide bonds.